The van der Waals surface area contributed by atoms with E-state index < -0.39 is 11.9 Å². The lowest BCUT2D eigenvalue weighted by molar-refractivity contribution is -0.141. The van der Waals surface area contributed by atoms with E-state index >= 15 is 0 Å². The molecule has 7 heteroatoms. The highest BCUT2D eigenvalue weighted by molar-refractivity contribution is 5.95. The van der Waals surface area contributed by atoms with Crippen LogP contribution in [0.5, 0.6) is 0 Å². The molecule has 1 aliphatic heterocycles. The molecule has 1 atom stereocenters. The Hall–Kier alpha value is -2.96. The normalized spacial score (nSPS) is 16.9. The van der Waals surface area contributed by atoms with Crippen LogP contribution in [-0.4, -0.2) is 45.2 Å². The Labute approximate surface area is 139 Å². The number of rotatable bonds is 4. The van der Waals surface area contributed by atoms with Crippen LogP contribution in [0.15, 0.2) is 36.4 Å². The fourth-order valence-electron chi connectivity index (χ4n) is 2.67. The summed E-state index contributed by atoms with van der Waals surface area (Å²) >= 11 is 0. The van der Waals surface area contributed by atoms with Crippen molar-refractivity contribution >= 4 is 23.4 Å². The van der Waals surface area contributed by atoms with Gasteiger partial charge in [-0.25, -0.2) is 0 Å². The van der Waals surface area contributed by atoms with E-state index in [0.717, 1.165) is 11.4 Å². The maximum atomic E-state index is 12.5. The van der Waals surface area contributed by atoms with E-state index in [4.69, 9.17) is 5.11 Å². The molecular formula is C17H18N4O3. The van der Waals surface area contributed by atoms with Gasteiger partial charge in [-0.2, -0.15) is 5.10 Å². The van der Waals surface area contributed by atoms with Gasteiger partial charge in [0.05, 0.1) is 11.6 Å². The molecule has 2 aromatic rings. The molecule has 1 aliphatic rings. The first-order valence-electron chi connectivity index (χ1n) is 7.72. The molecule has 0 unspecified atom stereocenters. The number of carbonyl (C=O) groups is 2. The lowest BCUT2D eigenvalue weighted by Crippen LogP contribution is -2.29. The zero-order valence-corrected chi connectivity index (χ0v) is 13.3. The molecule has 0 radical (unpaired) electrons. The van der Waals surface area contributed by atoms with Gasteiger partial charge in [-0.15, -0.1) is 5.10 Å². The van der Waals surface area contributed by atoms with Crippen molar-refractivity contribution in [3.63, 3.8) is 0 Å². The Bertz CT molecular complexity index is 761. The van der Waals surface area contributed by atoms with Crippen LogP contribution < -0.4 is 5.32 Å². The van der Waals surface area contributed by atoms with E-state index in [-0.39, 0.29) is 12.5 Å². The molecule has 124 valence electrons. The maximum absolute atomic E-state index is 12.5. The number of anilines is 2. The number of carboxylic acid groups (broad SMARTS) is 1. The summed E-state index contributed by atoms with van der Waals surface area (Å²) in [4.78, 5) is 25.2. The lowest BCUT2D eigenvalue weighted by Gasteiger charge is -2.16. The Morgan fingerprint density at radius 3 is 2.75 bits per heavy atom. The van der Waals surface area contributed by atoms with Crippen LogP contribution in [0.25, 0.3) is 0 Å². The van der Waals surface area contributed by atoms with Crippen LogP contribution in [0.1, 0.15) is 22.5 Å². The molecule has 0 saturated carbocycles. The van der Waals surface area contributed by atoms with Gasteiger partial charge in [0.15, 0.2) is 5.82 Å². The first kappa shape index (κ1) is 15.9. The van der Waals surface area contributed by atoms with Gasteiger partial charge in [0.2, 0.25) is 0 Å². The largest absolute Gasteiger partial charge is 0.481 e. The van der Waals surface area contributed by atoms with Crippen LogP contribution in [0.4, 0.5) is 11.5 Å². The fraction of sp³-hybridized carbons (Fsp3) is 0.294. The smallest absolute Gasteiger partial charge is 0.308 e. The molecule has 0 bridgehead atoms. The average molecular weight is 326 g/mol. The predicted octanol–water partition coefficient (Wildman–Crippen LogP) is 2.08. The number of aryl methyl sites for hydroxylation is 1. The van der Waals surface area contributed by atoms with Gasteiger partial charge in [0, 0.05) is 24.3 Å². The lowest BCUT2D eigenvalue weighted by atomic mass is 10.1. The number of carbonyl (C=O) groups excluding carboxylic acids is 1. The maximum Gasteiger partial charge on any atom is 0.308 e. The second kappa shape index (κ2) is 6.66. The Balaban J connectivity index is 1.72. The first-order valence-corrected chi connectivity index (χ1v) is 7.72. The molecule has 0 spiro atoms. The van der Waals surface area contributed by atoms with Crippen LogP contribution in [0, 0.1) is 12.8 Å². The summed E-state index contributed by atoms with van der Waals surface area (Å²) < 4.78 is 0. The average Bonchev–Trinajstić information content (AvgIpc) is 3.07. The highest BCUT2D eigenvalue weighted by Crippen LogP contribution is 2.21. The van der Waals surface area contributed by atoms with Gasteiger partial charge < -0.3 is 15.3 Å². The third-order valence-corrected chi connectivity index (χ3v) is 4.00. The van der Waals surface area contributed by atoms with Crippen molar-refractivity contribution in [2.75, 3.05) is 18.4 Å². The van der Waals surface area contributed by atoms with Gasteiger partial charge >= 0.3 is 5.97 Å². The SMILES string of the molecule is Cc1ccc(Nc2cccc(C(=O)N3CC[C@H](C(=O)O)C3)c2)nn1. The fourth-order valence-corrected chi connectivity index (χ4v) is 2.67. The van der Waals surface area contributed by atoms with Crippen LogP contribution in [0.2, 0.25) is 0 Å². The van der Waals surface area contributed by atoms with Crippen LogP contribution >= 0.6 is 0 Å². The van der Waals surface area contributed by atoms with Crippen molar-refractivity contribution in [1.29, 1.82) is 0 Å². The van der Waals surface area contributed by atoms with Gasteiger partial charge in [0.25, 0.3) is 5.91 Å². The number of amides is 1. The number of aromatic nitrogens is 2. The number of benzene rings is 1. The van der Waals surface area contributed by atoms with Crippen molar-refractivity contribution < 1.29 is 14.7 Å². The molecule has 1 fully saturated rings. The van der Waals surface area contributed by atoms with Gasteiger partial charge in [0.1, 0.15) is 0 Å². The monoisotopic (exact) mass is 326 g/mol. The minimum absolute atomic E-state index is 0.155. The summed E-state index contributed by atoms with van der Waals surface area (Å²) in [5, 5.41) is 20.2. The number of hydrogen-bond acceptors (Lipinski definition) is 5. The summed E-state index contributed by atoms with van der Waals surface area (Å²) in [5.74, 6) is -0.883. The molecule has 1 saturated heterocycles. The highest BCUT2D eigenvalue weighted by Gasteiger charge is 2.31. The van der Waals surface area contributed by atoms with E-state index in [0.29, 0.717) is 24.3 Å². The second-order valence-corrected chi connectivity index (χ2v) is 5.84. The Morgan fingerprint density at radius 1 is 1.25 bits per heavy atom. The summed E-state index contributed by atoms with van der Waals surface area (Å²) in [7, 11) is 0. The standard InChI is InChI=1S/C17H18N4O3/c1-11-5-6-15(20-19-11)18-14-4-2-3-12(9-14)16(22)21-8-7-13(10-21)17(23)24/h2-6,9,13H,7-8,10H2,1H3,(H,18,20)(H,23,24)/t13-/m0/s1. The van der Waals surface area contributed by atoms with Gasteiger partial charge in [-0.1, -0.05) is 6.07 Å². The van der Waals surface area contributed by atoms with Crippen molar-refractivity contribution in [3.8, 4) is 0 Å². The number of likely N-dealkylation sites (tertiary alicyclic amines) is 1. The van der Waals surface area contributed by atoms with Gasteiger partial charge in [-0.3, -0.25) is 9.59 Å². The Morgan fingerprint density at radius 2 is 2.08 bits per heavy atom. The van der Waals surface area contributed by atoms with Gasteiger partial charge in [-0.05, 0) is 43.7 Å². The number of carboxylic acids is 1. The second-order valence-electron chi connectivity index (χ2n) is 5.84. The van der Waals surface area contributed by atoms with E-state index in [9.17, 15) is 9.59 Å². The number of aliphatic carboxylic acids is 1. The molecule has 2 N–H and O–H groups in total. The third kappa shape index (κ3) is 3.51. The minimum atomic E-state index is -0.848. The van der Waals surface area contributed by atoms with Crippen molar-refractivity contribution in [2.45, 2.75) is 13.3 Å². The summed E-state index contributed by atoms with van der Waals surface area (Å²) in [5.41, 5.74) is 2.07. The van der Waals surface area contributed by atoms with E-state index in [1.165, 1.54) is 0 Å². The number of nitrogens with zero attached hydrogens (tertiary/aromatic N) is 3. The molecule has 1 aromatic heterocycles. The van der Waals surface area contributed by atoms with E-state index in [2.05, 4.69) is 15.5 Å². The molecule has 7 nitrogen and oxygen atoms in total. The van der Waals surface area contributed by atoms with Crippen molar-refractivity contribution in [3.05, 3.63) is 47.7 Å². The van der Waals surface area contributed by atoms with E-state index in [1.54, 1.807) is 23.1 Å². The molecule has 1 aromatic carbocycles. The zero-order chi connectivity index (χ0) is 17.1. The molecular weight excluding hydrogens is 308 g/mol. The summed E-state index contributed by atoms with van der Waals surface area (Å²) in [6.45, 7) is 2.59. The third-order valence-electron chi connectivity index (χ3n) is 4.00. The molecule has 2 heterocycles. The van der Waals surface area contributed by atoms with Crippen molar-refractivity contribution in [1.82, 2.24) is 15.1 Å². The minimum Gasteiger partial charge on any atom is -0.481 e. The zero-order valence-electron chi connectivity index (χ0n) is 13.3. The van der Waals surface area contributed by atoms with Crippen LogP contribution in [0.3, 0.4) is 0 Å². The van der Waals surface area contributed by atoms with Crippen molar-refractivity contribution in [2.24, 2.45) is 5.92 Å². The highest BCUT2D eigenvalue weighted by atomic mass is 16.4. The Kier molecular flexibility index (Phi) is 4.41. The molecule has 24 heavy (non-hydrogen) atoms. The summed E-state index contributed by atoms with van der Waals surface area (Å²) in [6, 6.07) is 10.7. The first-order chi connectivity index (χ1) is 11.5. The quantitative estimate of drug-likeness (QED) is 0.893. The predicted molar refractivity (Wildman–Crippen MR) is 88.1 cm³/mol. The number of hydrogen-bond donors (Lipinski definition) is 2. The molecule has 1 amide bonds. The van der Waals surface area contributed by atoms with Crippen LogP contribution in [-0.2, 0) is 4.79 Å². The molecule has 0 aliphatic carbocycles. The summed E-state index contributed by atoms with van der Waals surface area (Å²) in [6.07, 6.45) is 0.498. The van der Waals surface area contributed by atoms with E-state index in [1.807, 2.05) is 25.1 Å². The number of nitrogens with one attached hydrogen (secondary N) is 1. The topological polar surface area (TPSA) is 95.4 Å². The molecule has 3 rings (SSSR count).